The number of benzene rings is 1. The molecule has 0 aliphatic carbocycles. The average molecular weight is 473 g/mol. The Hall–Kier alpha value is -3.43. The van der Waals surface area contributed by atoms with Gasteiger partial charge in [-0.05, 0) is 51.0 Å². The number of aryl methyl sites for hydroxylation is 1. The van der Waals surface area contributed by atoms with Gasteiger partial charge in [-0.1, -0.05) is 5.16 Å². The van der Waals surface area contributed by atoms with Crippen LogP contribution in [0.2, 0.25) is 0 Å². The van der Waals surface area contributed by atoms with Crippen LogP contribution < -0.4 is 4.74 Å². The molecule has 0 radical (unpaired) electrons. The van der Waals surface area contributed by atoms with E-state index in [1.165, 1.54) is 4.90 Å². The van der Waals surface area contributed by atoms with E-state index in [1.54, 1.807) is 18.9 Å². The van der Waals surface area contributed by atoms with Crippen molar-refractivity contribution in [2.24, 2.45) is 5.92 Å². The highest BCUT2D eigenvalue weighted by Crippen LogP contribution is 2.21. The second-order valence-corrected chi connectivity index (χ2v) is 8.15. The molecule has 184 valence electrons. The molecule has 0 saturated carbocycles. The number of ether oxygens (including phenoxy) is 2. The summed E-state index contributed by atoms with van der Waals surface area (Å²) in [6.45, 7) is 5.45. The summed E-state index contributed by atoms with van der Waals surface area (Å²) in [6, 6.07) is 7.36. The Morgan fingerprint density at radius 3 is 2.65 bits per heavy atom. The van der Waals surface area contributed by atoms with Crippen molar-refractivity contribution in [2.45, 2.75) is 39.5 Å². The van der Waals surface area contributed by atoms with Crippen LogP contribution in [-0.4, -0.2) is 77.6 Å². The Balaban J connectivity index is 1.46. The van der Waals surface area contributed by atoms with Gasteiger partial charge in [-0.3, -0.25) is 14.4 Å². The number of rotatable bonds is 10. The summed E-state index contributed by atoms with van der Waals surface area (Å²) in [5.74, 6) is 0.600. The minimum Gasteiger partial charge on any atom is -0.494 e. The fraction of sp³-hybridized carbons (Fsp3) is 0.542. The maximum atomic E-state index is 12.7. The molecule has 1 aliphatic rings. The molecule has 34 heavy (non-hydrogen) atoms. The maximum absolute atomic E-state index is 12.7. The quantitative estimate of drug-likeness (QED) is 0.484. The van der Waals surface area contributed by atoms with Gasteiger partial charge in [-0.2, -0.15) is 4.98 Å². The number of likely N-dealkylation sites (tertiary alicyclic amines) is 1. The Kier molecular flexibility index (Phi) is 9.00. The van der Waals surface area contributed by atoms with Crippen LogP contribution in [0.4, 0.5) is 0 Å². The average Bonchev–Trinajstić information content (AvgIpc) is 3.32. The first-order chi connectivity index (χ1) is 16.4. The summed E-state index contributed by atoms with van der Waals surface area (Å²) in [7, 11) is 1.59. The molecule has 2 heterocycles. The van der Waals surface area contributed by atoms with Gasteiger partial charge in [-0.25, -0.2) is 0 Å². The van der Waals surface area contributed by atoms with E-state index in [1.807, 2.05) is 31.2 Å². The van der Waals surface area contributed by atoms with Crippen molar-refractivity contribution in [2.75, 3.05) is 39.9 Å². The van der Waals surface area contributed by atoms with Crippen LogP contribution in [0.25, 0.3) is 11.4 Å². The predicted molar refractivity (Wildman–Crippen MR) is 123 cm³/mol. The summed E-state index contributed by atoms with van der Waals surface area (Å²) < 4.78 is 15.8. The maximum Gasteiger partial charge on any atom is 0.310 e. The zero-order chi connectivity index (χ0) is 24.5. The van der Waals surface area contributed by atoms with E-state index in [9.17, 15) is 14.4 Å². The molecule has 1 aliphatic heterocycles. The molecule has 1 aromatic heterocycles. The number of hydrogen-bond donors (Lipinski definition) is 0. The lowest BCUT2D eigenvalue weighted by atomic mass is 9.98. The van der Waals surface area contributed by atoms with Gasteiger partial charge in [0, 0.05) is 38.5 Å². The van der Waals surface area contributed by atoms with Crippen LogP contribution in [0.5, 0.6) is 5.75 Å². The molecule has 10 heteroatoms. The number of nitrogens with zero attached hydrogens (tertiary/aromatic N) is 4. The zero-order valence-electron chi connectivity index (χ0n) is 20.0. The van der Waals surface area contributed by atoms with Crippen molar-refractivity contribution < 1.29 is 28.4 Å². The molecule has 0 N–H and O–H groups in total. The SMILES string of the molecule is CCOC(=O)C1CCCN(C(=O)CN(C)C(=O)CCc2nc(-c3ccc(OCC)cc3)no2)C1. The number of carbonyl (C=O) groups excluding carboxylic acids is 3. The Morgan fingerprint density at radius 1 is 1.18 bits per heavy atom. The van der Waals surface area contributed by atoms with Gasteiger partial charge in [-0.15, -0.1) is 0 Å². The summed E-state index contributed by atoms with van der Waals surface area (Å²) in [5.41, 5.74) is 0.787. The van der Waals surface area contributed by atoms with Crippen LogP contribution in [0.1, 0.15) is 39.0 Å². The third kappa shape index (κ3) is 6.79. The van der Waals surface area contributed by atoms with Gasteiger partial charge in [0.2, 0.25) is 23.5 Å². The van der Waals surface area contributed by atoms with Gasteiger partial charge < -0.3 is 23.8 Å². The van der Waals surface area contributed by atoms with Gasteiger partial charge in [0.05, 0.1) is 25.7 Å². The van der Waals surface area contributed by atoms with Gasteiger partial charge >= 0.3 is 5.97 Å². The summed E-state index contributed by atoms with van der Waals surface area (Å²) in [6.07, 6.45) is 1.86. The number of likely N-dealkylation sites (N-methyl/N-ethyl adjacent to an activating group) is 1. The third-order valence-corrected chi connectivity index (χ3v) is 5.64. The van der Waals surface area contributed by atoms with E-state index >= 15 is 0 Å². The zero-order valence-corrected chi connectivity index (χ0v) is 20.0. The van der Waals surface area contributed by atoms with Crippen molar-refractivity contribution in [3.8, 4) is 17.1 Å². The molecule has 0 spiro atoms. The molecule has 1 atom stereocenters. The molecule has 1 saturated heterocycles. The highest BCUT2D eigenvalue weighted by Gasteiger charge is 2.30. The van der Waals surface area contributed by atoms with Crippen LogP contribution in [-0.2, 0) is 25.5 Å². The molecular formula is C24H32N4O6. The standard InChI is InChI=1S/C24H32N4O6/c1-4-32-19-10-8-17(9-11-19)23-25-20(34-26-23)12-13-21(29)27(3)16-22(30)28-14-6-7-18(15-28)24(31)33-5-2/h8-11,18H,4-7,12-16H2,1-3H3. The number of amides is 2. The van der Waals surface area contributed by atoms with E-state index in [-0.39, 0.29) is 43.1 Å². The topological polar surface area (TPSA) is 115 Å². The summed E-state index contributed by atoms with van der Waals surface area (Å²) >= 11 is 0. The first kappa shape index (κ1) is 25.2. The van der Waals surface area contributed by atoms with Crippen LogP contribution in [0.3, 0.4) is 0 Å². The van der Waals surface area contributed by atoms with E-state index in [0.717, 1.165) is 17.7 Å². The molecule has 1 fully saturated rings. The lowest BCUT2D eigenvalue weighted by Gasteiger charge is -2.32. The van der Waals surface area contributed by atoms with E-state index in [0.29, 0.717) is 44.4 Å². The van der Waals surface area contributed by atoms with Gasteiger partial charge in [0.25, 0.3) is 0 Å². The Morgan fingerprint density at radius 2 is 1.94 bits per heavy atom. The van der Waals surface area contributed by atoms with Crippen molar-refractivity contribution in [3.63, 3.8) is 0 Å². The molecule has 2 amide bonds. The van der Waals surface area contributed by atoms with Crippen molar-refractivity contribution in [1.82, 2.24) is 19.9 Å². The molecular weight excluding hydrogens is 440 g/mol. The highest BCUT2D eigenvalue weighted by atomic mass is 16.5. The first-order valence-electron chi connectivity index (χ1n) is 11.7. The molecule has 10 nitrogen and oxygen atoms in total. The van der Waals surface area contributed by atoms with Crippen molar-refractivity contribution in [3.05, 3.63) is 30.2 Å². The molecule has 2 aromatic rings. The lowest BCUT2D eigenvalue weighted by Crippen LogP contribution is -2.47. The Bertz CT molecular complexity index is 974. The summed E-state index contributed by atoms with van der Waals surface area (Å²) in [4.78, 5) is 44.6. The largest absolute Gasteiger partial charge is 0.494 e. The third-order valence-electron chi connectivity index (χ3n) is 5.64. The van der Waals surface area contributed by atoms with Gasteiger partial charge in [0.15, 0.2) is 0 Å². The van der Waals surface area contributed by atoms with E-state index in [2.05, 4.69) is 10.1 Å². The number of hydrogen-bond acceptors (Lipinski definition) is 8. The summed E-state index contributed by atoms with van der Waals surface area (Å²) in [5, 5.41) is 3.98. The minimum absolute atomic E-state index is 0.0460. The monoisotopic (exact) mass is 472 g/mol. The number of aromatic nitrogens is 2. The van der Waals surface area contributed by atoms with Crippen LogP contribution in [0.15, 0.2) is 28.8 Å². The van der Waals surface area contributed by atoms with Gasteiger partial charge in [0.1, 0.15) is 5.75 Å². The second-order valence-electron chi connectivity index (χ2n) is 8.15. The fourth-order valence-electron chi connectivity index (χ4n) is 3.79. The normalized spacial score (nSPS) is 15.6. The molecule has 3 rings (SSSR count). The van der Waals surface area contributed by atoms with Crippen molar-refractivity contribution >= 4 is 17.8 Å². The van der Waals surface area contributed by atoms with E-state index in [4.69, 9.17) is 14.0 Å². The molecule has 1 aromatic carbocycles. The highest BCUT2D eigenvalue weighted by molar-refractivity contribution is 5.85. The smallest absolute Gasteiger partial charge is 0.310 e. The van der Waals surface area contributed by atoms with Crippen LogP contribution >= 0.6 is 0 Å². The molecule has 0 bridgehead atoms. The van der Waals surface area contributed by atoms with Crippen molar-refractivity contribution in [1.29, 1.82) is 0 Å². The number of carbonyl (C=O) groups is 3. The molecule has 1 unspecified atom stereocenters. The van der Waals surface area contributed by atoms with Crippen LogP contribution in [0, 0.1) is 5.92 Å². The predicted octanol–water partition coefficient (Wildman–Crippen LogP) is 2.33. The lowest BCUT2D eigenvalue weighted by molar-refractivity contribution is -0.152. The Labute approximate surface area is 199 Å². The van der Waals surface area contributed by atoms with E-state index < -0.39 is 0 Å². The first-order valence-corrected chi connectivity index (χ1v) is 11.7. The fourth-order valence-corrected chi connectivity index (χ4v) is 3.79. The minimum atomic E-state index is -0.305. The number of esters is 1. The second kappa shape index (κ2) is 12.2. The number of piperidine rings is 1.